The summed E-state index contributed by atoms with van der Waals surface area (Å²) < 4.78 is 0. The summed E-state index contributed by atoms with van der Waals surface area (Å²) in [5.41, 5.74) is 2.62. The predicted molar refractivity (Wildman–Crippen MR) is 37.0 cm³/mol. The number of carbonyl (C=O) groups excluding carboxylic acids is 1. The molecule has 2 nitrogen and oxygen atoms in total. The second-order valence-corrected chi connectivity index (χ2v) is 1.68. The fourth-order valence-corrected chi connectivity index (χ4v) is 0.422. The van der Waals surface area contributed by atoms with Gasteiger partial charge in [0.25, 0.3) is 0 Å². The summed E-state index contributed by atoms with van der Waals surface area (Å²) in [6, 6.07) is 0. The Kier molecular flexibility index (Phi) is 4.56. The standard InChI is InChI=1S/C7H11NO/c1-3-4-5-6-8-7(2)9/h4H,1,5-6H2,2H3,(H,8,9). The summed E-state index contributed by atoms with van der Waals surface area (Å²) >= 11 is 0. The van der Waals surface area contributed by atoms with E-state index in [1.54, 1.807) is 6.08 Å². The predicted octanol–water partition coefficient (Wildman–Crippen LogP) is 0.854. The van der Waals surface area contributed by atoms with Gasteiger partial charge in [-0.2, -0.15) is 0 Å². The van der Waals surface area contributed by atoms with Gasteiger partial charge >= 0.3 is 0 Å². The van der Waals surface area contributed by atoms with Crippen molar-refractivity contribution in [1.29, 1.82) is 0 Å². The van der Waals surface area contributed by atoms with E-state index >= 15 is 0 Å². The molecule has 50 valence electrons. The molecule has 0 aliphatic carbocycles. The van der Waals surface area contributed by atoms with Gasteiger partial charge in [-0.15, -0.1) is 5.73 Å². The molecule has 0 aliphatic rings. The smallest absolute Gasteiger partial charge is 0.216 e. The SMILES string of the molecule is C=C=CCCNC(C)=O. The number of nitrogens with one attached hydrogen (secondary N) is 1. The number of amides is 1. The molecular weight excluding hydrogens is 114 g/mol. The van der Waals surface area contributed by atoms with Crippen LogP contribution in [0.2, 0.25) is 0 Å². The largest absolute Gasteiger partial charge is 0.356 e. The molecule has 0 aromatic rings. The second kappa shape index (κ2) is 5.13. The maximum Gasteiger partial charge on any atom is 0.216 e. The first-order valence-electron chi connectivity index (χ1n) is 2.86. The van der Waals surface area contributed by atoms with Crippen molar-refractivity contribution in [3.63, 3.8) is 0 Å². The first kappa shape index (κ1) is 7.99. The maximum absolute atomic E-state index is 10.2. The highest BCUT2D eigenvalue weighted by atomic mass is 16.1. The Balaban J connectivity index is 3.10. The number of hydrogen-bond donors (Lipinski definition) is 1. The topological polar surface area (TPSA) is 29.1 Å². The summed E-state index contributed by atoms with van der Waals surface area (Å²) in [5, 5.41) is 2.64. The Morgan fingerprint density at radius 1 is 1.89 bits per heavy atom. The Bertz CT molecular complexity index is 132. The number of hydrogen-bond acceptors (Lipinski definition) is 1. The molecule has 0 aromatic heterocycles. The van der Waals surface area contributed by atoms with E-state index < -0.39 is 0 Å². The minimum absolute atomic E-state index is 0.00691. The summed E-state index contributed by atoms with van der Waals surface area (Å²) in [6.07, 6.45) is 2.60. The highest BCUT2D eigenvalue weighted by molar-refractivity contribution is 5.72. The van der Waals surface area contributed by atoms with Gasteiger partial charge in [0.15, 0.2) is 0 Å². The van der Waals surface area contributed by atoms with E-state index in [1.165, 1.54) is 6.92 Å². The quantitative estimate of drug-likeness (QED) is 0.440. The Labute approximate surface area is 55.3 Å². The zero-order valence-corrected chi connectivity index (χ0v) is 5.61. The van der Waals surface area contributed by atoms with Gasteiger partial charge in [-0.3, -0.25) is 4.79 Å². The highest BCUT2D eigenvalue weighted by Crippen LogP contribution is 1.75. The molecule has 0 fully saturated rings. The van der Waals surface area contributed by atoms with Crippen LogP contribution < -0.4 is 5.32 Å². The van der Waals surface area contributed by atoms with Crippen LogP contribution in [0.1, 0.15) is 13.3 Å². The molecule has 0 rings (SSSR count). The molecule has 0 aliphatic heterocycles. The molecule has 0 saturated heterocycles. The monoisotopic (exact) mass is 125 g/mol. The number of carbonyl (C=O) groups is 1. The molecule has 1 N–H and O–H groups in total. The van der Waals surface area contributed by atoms with Crippen LogP contribution in [-0.4, -0.2) is 12.5 Å². The summed E-state index contributed by atoms with van der Waals surface area (Å²) in [7, 11) is 0. The summed E-state index contributed by atoms with van der Waals surface area (Å²) in [6.45, 7) is 5.56. The molecule has 9 heavy (non-hydrogen) atoms. The summed E-state index contributed by atoms with van der Waals surface area (Å²) in [4.78, 5) is 10.2. The van der Waals surface area contributed by atoms with E-state index in [4.69, 9.17) is 0 Å². The lowest BCUT2D eigenvalue weighted by Crippen LogP contribution is -2.20. The van der Waals surface area contributed by atoms with Crippen LogP contribution in [0.4, 0.5) is 0 Å². The van der Waals surface area contributed by atoms with Gasteiger partial charge in [0, 0.05) is 13.5 Å². The van der Waals surface area contributed by atoms with Crippen molar-refractivity contribution in [2.45, 2.75) is 13.3 Å². The van der Waals surface area contributed by atoms with Crippen LogP contribution in [0.25, 0.3) is 0 Å². The molecule has 0 spiro atoms. The van der Waals surface area contributed by atoms with E-state index in [1.807, 2.05) is 0 Å². The molecule has 0 aromatic carbocycles. The minimum Gasteiger partial charge on any atom is -0.356 e. The Morgan fingerprint density at radius 3 is 3.00 bits per heavy atom. The molecular formula is C7H11NO. The van der Waals surface area contributed by atoms with Crippen molar-refractivity contribution in [3.8, 4) is 0 Å². The van der Waals surface area contributed by atoms with Crippen molar-refractivity contribution in [2.75, 3.05) is 6.54 Å². The first-order chi connectivity index (χ1) is 4.27. The van der Waals surface area contributed by atoms with E-state index in [-0.39, 0.29) is 5.91 Å². The molecule has 0 unspecified atom stereocenters. The third-order valence-corrected chi connectivity index (χ3v) is 0.807. The van der Waals surface area contributed by atoms with Crippen LogP contribution in [0.15, 0.2) is 18.4 Å². The number of rotatable bonds is 3. The average Bonchev–Trinajstić information content (AvgIpc) is 1.80. The van der Waals surface area contributed by atoms with Crippen LogP contribution in [0, 0.1) is 0 Å². The fourth-order valence-electron chi connectivity index (χ4n) is 0.422. The normalized spacial score (nSPS) is 7.67. The summed E-state index contributed by atoms with van der Waals surface area (Å²) in [5.74, 6) is 0.00691. The first-order valence-corrected chi connectivity index (χ1v) is 2.86. The highest BCUT2D eigenvalue weighted by Gasteiger charge is 1.84. The molecule has 1 amide bonds. The van der Waals surface area contributed by atoms with E-state index in [9.17, 15) is 4.79 Å². The molecule has 0 bridgehead atoms. The van der Waals surface area contributed by atoms with Gasteiger partial charge in [-0.25, -0.2) is 0 Å². The molecule has 0 atom stereocenters. The Hall–Kier alpha value is -1.01. The van der Waals surface area contributed by atoms with Crippen molar-refractivity contribution in [1.82, 2.24) is 5.32 Å². The van der Waals surface area contributed by atoms with Gasteiger partial charge in [0.05, 0.1) is 0 Å². The lowest BCUT2D eigenvalue weighted by molar-refractivity contribution is -0.118. The Morgan fingerprint density at radius 2 is 2.56 bits per heavy atom. The van der Waals surface area contributed by atoms with Crippen molar-refractivity contribution < 1.29 is 4.79 Å². The lowest BCUT2D eigenvalue weighted by atomic mass is 10.4. The fraction of sp³-hybridized carbons (Fsp3) is 0.429. The van der Waals surface area contributed by atoms with E-state index in [0.717, 1.165) is 6.42 Å². The zero-order chi connectivity index (χ0) is 7.11. The zero-order valence-electron chi connectivity index (χ0n) is 5.61. The second-order valence-electron chi connectivity index (χ2n) is 1.68. The maximum atomic E-state index is 10.2. The van der Waals surface area contributed by atoms with Gasteiger partial charge in [-0.05, 0) is 12.5 Å². The van der Waals surface area contributed by atoms with Crippen LogP contribution in [0.3, 0.4) is 0 Å². The third kappa shape index (κ3) is 6.99. The third-order valence-electron chi connectivity index (χ3n) is 0.807. The lowest BCUT2D eigenvalue weighted by Gasteiger charge is -1.94. The molecule has 0 radical (unpaired) electrons. The van der Waals surface area contributed by atoms with Crippen LogP contribution in [0.5, 0.6) is 0 Å². The van der Waals surface area contributed by atoms with Crippen LogP contribution in [-0.2, 0) is 4.79 Å². The van der Waals surface area contributed by atoms with Crippen LogP contribution >= 0.6 is 0 Å². The van der Waals surface area contributed by atoms with E-state index in [0.29, 0.717) is 6.54 Å². The average molecular weight is 125 g/mol. The van der Waals surface area contributed by atoms with Crippen molar-refractivity contribution >= 4 is 5.91 Å². The van der Waals surface area contributed by atoms with Gasteiger partial charge in [-0.1, -0.05) is 6.58 Å². The van der Waals surface area contributed by atoms with Gasteiger partial charge in [0.2, 0.25) is 5.91 Å². The molecule has 0 saturated carbocycles. The van der Waals surface area contributed by atoms with Crippen molar-refractivity contribution in [3.05, 3.63) is 18.4 Å². The van der Waals surface area contributed by atoms with Gasteiger partial charge < -0.3 is 5.32 Å². The van der Waals surface area contributed by atoms with E-state index in [2.05, 4.69) is 17.6 Å². The van der Waals surface area contributed by atoms with Gasteiger partial charge in [0.1, 0.15) is 0 Å². The minimum atomic E-state index is 0.00691. The molecule has 2 heteroatoms. The molecule has 0 heterocycles. The van der Waals surface area contributed by atoms with Crippen molar-refractivity contribution in [2.24, 2.45) is 0 Å².